The SMILES string of the molecule is CCOC(=O)C1=C(C)NC(CSCOC(C)OC)=C(C(=O)OCC)C1c1cccc([N+](=O)[O-])c1. The average Bonchev–Trinajstić information content (AvgIpc) is 2.81. The smallest absolute Gasteiger partial charge is 0.336 e. The Labute approximate surface area is 202 Å². The summed E-state index contributed by atoms with van der Waals surface area (Å²) in [6, 6.07) is 5.87. The number of hydrogen-bond donors (Lipinski definition) is 1. The predicted molar refractivity (Wildman–Crippen MR) is 127 cm³/mol. The third-order valence-corrected chi connectivity index (χ3v) is 5.81. The number of nitro groups is 1. The Balaban J connectivity index is 2.59. The van der Waals surface area contributed by atoms with E-state index in [2.05, 4.69) is 5.32 Å². The number of esters is 2. The number of carbonyl (C=O) groups excluding carboxylic acids is 2. The summed E-state index contributed by atoms with van der Waals surface area (Å²) in [5, 5.41) is 14.6. The number of nitrogens with zero attached hydrogens (tertiary/aromatic N) is 1. The van der Waals surface area contributed by atoms with E-state index < -0.39 is 22.8 Å². The van der Waals surface area contributed by atoms with Crippen LogP contribution >= 0.6 is 11.8 Å². The lowest BCUT2D eigenvalue weighted by Gasteiger charge is -2.31. The van der Waals surface area contributed by atoms with E-state index in [1.54, 1.807) is 33.8 Å². The van der Waals surface area contributed by atoms with Gasteiger partial charge in [-0.1, -0.05) is 12.1 Å². The lowest BCUT2D eigenvalue weighted by molar-refractivity contribution is -0.384. The molecule has 1 aliphatic heterocycles. The second kappa shape index (κ2) is 13.1. The van der Waals surface area contributed by atoms with E-state index in [9.17, 15) is 19.7 Å². The van der Waals surface area contributed by atoms with Crippen LogP contribution in [0.3, 0.4) is 0 Å². The number of dihydropyridines is 1. The Kier molecular flexibility index (Phi) is 10.6. The molecule has 1 heterocycles. The van der Waals surface area contributed by atoms with Crippen molar-refractivity contribution in [3.63, 3.8) is 0 Å². The highest BCUT2D eigenvalue weighted by molar-refractivity contribution is 7.99. The molecule has 0 aliphatic carbocycles. The third-order valence-electron chi connectivity index (χ3n) is 5.01. The van der Waals surface area contributed by atoms with E-state index in [4.69, 9.17) is 18.9 Å². The van der Waals surface area contributed by atoms with Gasteiger partial charge < -0.3 is 24.3 Å². The van der Waals surface area contributed by atoms with Crippen molar-refractivity contribution in [1.29, 1.82) is 0 Å². The lowest BCUT2D eigenvalue weighted by atomic mass is 9.80. The van der Waals surface area contributed by atoms with Gasteiger partial charge in [-0.05, 0) is 33.3 Å². The Hall–Kier alpha value is -2.89. The zero-order chi connectivity index (χ0) is 25.3. The first-order valence-corrected chi connectivity index (χ1v) is 11.9. The van der Waals surface area contributed by atoms with E-state index in [-0.39, 0.29) is 36.3 Å². The Morgan fingerprint density at radius 1 is 1.18 bits per heavy atom. The van der Waals surface area contributed by atoms with Crippen LogP contribution < -0.4 is 5.32 Å². The van der Waals surface area contributed by atoms with Crippen molar-refractivity contribution in [2.75, 3.05) is 32.0 Å². The van der Waals surface area contributed by atoms with Gasteiger partial charge in [0.15, 0.2) is 6.29 Å². The summed E-state index contributed by atoms with van der Waals surface area (Å²) >= 11 is 1.39. The van der Waals surface area contributed by atoms with Crippen molar-refractivity contribution >= 4 is 29.4 Å². The van der Waals surface area contributed by atoms with Crippen LogP contribution in [0.5, 0.6) is 0 Å². The fourth-order valence-electron chi connectivity index (χ4n) is 3.45. The maximum atomic E-state index is 13.1. The zero-order valence-corrected chi connectivity index (χ0v) is 20.7. The fraction of sp³-hybridized carbons (Fsp3) is 0.478. The molecule has 2 rings (SSSR count). The van der Waals surface area contributed by atoms with Crippen LogP contribution in [0.15, 0.2) is 46.8 Å². The molecule has 1 aromatic carbocycles. The van der Waals surface area contributed by atoms with Crippen molar-refractivity contribution < 1.29 is 33.5 Å². The molecule has 1 N–H and O–H groups in total. The first-order chi connectivity index (χ1) is 16.2. The number of nitro benzene ring substituents is 1. The molecule has 0 aromatic heterocycles. The van der Waals surface area contributed by atoms with Gasteiger partial charge in [0.2, 0.25) is 0 Å². The highest BCUT2D eigenvalue weighted by Crippen LogP contribution is 2.40. The molecule has 0 saturated heterocycles. The Morgan fingerprint density at radius 3 is 2.41 bits per heavy atom. The van der Waals surface area contributed by atoms with E-state index >= 15 is 0 Å². The molecule has 0 bridgehead atoms. The topological polar surface area (TPSA) is 126 Å². The quantitative estimate of drug-likeness (QED) is 0.151. The molecule has 34 heavy (non-hydrogen) atoms. The lowest BCUT2D eigenvalue weighted by Crippen LogP contribution is -2.34. The van der Waals surface area contributed by atoms with Crippen molar-refractivity contribution in [1.82, 2.24) is 5.32 Å². The van der Waals surface area contributed by atoms with Gasteiger partial charge >= 0.3 is 11.9 Å². The normalized spacial score (nSPS) is 16.7. The summed E-state index contributed by atoms with van der Waals surface area (Å²) in [5.41, 5.74) is 1.67. The molecular weight excluding hydrogens is 464 g/mol. The number of carbonyl (C=O) groups is 2. The van der Waals surface area contributed by atoms with Gasteiger partial charge in [0.25, 0.3) is 5.69 Å². The Bertz CT molecular complexity index is 975. The molecule has 1 aromatic rings. The minimum atomic E-state index is -0.909. The van der Waals surface area contributed by atoms with E-state index in [1.165, 1.54) is 37.1 Å². The third kappa shape index (κ3) is 6.81. The minimum Gasteiger partial charge on any atom is -0.463 e. The molecule has 0 fully saturated rings. The number of hydrogen-bond acceptors (Lipinski definition) is 10. The number of non-ortho nitro benzene ring substituents is 1. The van der Waals surface area contributed by atoms with Gasteiger partial charge in [-0.3, -0.25) is 10.1 Å². The zero-order valence-electron chi connectivity index (χ0n) is 19.9. The highest BCUT2D eigenvalue weighted by atomic mass is 32.2. The van der Waals surface area contributed by atoms with Crippen LogP contribution in [0, 0.1) is 10.1 Å². The van der Waals surface area contributed by atoms with Gasteiger partial charge in [-0.25, -0.2) is 9.59 Å². The molecule has 0 saturated carbocycles. The van der Waals surface area contributed by atoms with Gasteiger partial charge in [0.05, 0.1) is 41.1 Å². The number of methoxy groups -OCH3 is 1. The first-order valence-electron chi connectivity index (χ1n) is 10.8. The molecule has 0 spiro atoms. The van der Waals surface area contributed by atoms with Crippen molar-refractivity contribution in [3.8, 4) is 0 Å². The molecule has 11 heteroatoms. The number of rotatable bonds is 12. The van der Waals surface area contributed by atoms with Crippen LogP contribution in [-0.4, -0.2) is 55.2 Å². The van der Waals surface area contributed by atoms with E-state index in [0.717, 1.165) is 0 Å². The Morgan fingerprint density at radius 2 is 1.82 bits per heavy atom. The second-order valence-corrected chi connectivity index (χ2v) is 8.15. The summed E-state index contributed by atoms with van der Waals surface area (Å²) in [6.07, 6.45) is -0.389. The predicted octanol–water partition coefficient (Wildman–Crippen LogP) is 3.64. The number of thioether (sulfide) groups is 1. The number of allylic oxidation sites excluding steroid dienone is 1. The van der Waals surface area contributed by atoms with Gasteiger partial charge in [-0.2, -0.15) is 0 Å². The maximum Gasteiger partial charge on any atom is 0.336 e. The van der Waals surface area contributed by atoms with Crippen LogP contribution in [-0.2, 0) is 28.5 Å². The second-order valence-electron chi connectivity index (χ2n) is 7.22. The van der Waals surface area contributed by atoms with Crippen LogP contribution in [0.2, 0.25) is 0 Å². The van der Waals surface area contributed by atoms with Gasteiger partial charge in [0, 0.05) is 36.4 Å². The van der Waals surface area contributed by atoms with E-state index in [1.807, 2.05) is 0 Å². The molecule has 0 radical (unpaired) electrons. The first kappa shape index (κ1) is 27.4. The van der Waals surface area contributed by atoms with Crippen molar-refractivity contribution in [3.05, 3.63) is 62.5 Å². The maximum absolute atomic E-state index is 13.1. The molecule has 186 valence electrons. The number of benzene rings is 1. The summed E-state index contributed by atoms with van der Waals surface area (Å²) in [6.45, 7) is 7.08. The molecule has 10 nitrogen and oxygen atoms in total. The fourth-order valence-corrected chi connectivity index (χ4v) is 4.25. The van der Waals surface area contributed by atoms with Crippen LogP contribution in [0.25, 0.3) is 0 Å². The summed E-state index contributed by atoms with van der Waals surface area (Å²) in [4.78, 5) is 37.0. The minimum absolute atomic E-state index is 0.121. The van der Waals surface area contributed by atoms with Gasteiger partial charge in [-0.15, -0.1) is 11.8 Å². The van der Waals surface area contributed by atoms with Crippen LogP contribution in [0.4, 0.5) is 5.69 Å². The molecule has 1 aliphatic rings. The summed E-state index contributed by atoms with van der Waals surface area (Å²) in [5.74, 6) is -1.51. The van der Waals surface area contributed by atoms with Crippen molar-refractivity contribution in [2.45, 2.75) is 39.9 Å². The number of nitrogens with one attached hydrogen (secondary N) is 1. The molecule has 2 unspecified atom stereocenters. The van der Waals surface area contributed by atoms with Crippen LogP contribution in [0.1, 0.15) is 39.2 Å². The standard InChI is InChI=1S/C23H30N2O8S/c1-6-31-22(26)19-14(3)24-18(12-34-13-33-15(4)30-5)21(23(27)32-7-2)20(19)16-9-8-10-17(11-16)25(28)29/h8-11,15,20,24H,6-7,12-13H2,1-5H3. The average molecular weight is 495 g/mol. The number of ether oxygens (including phenoxy) is 4. The highest BCUT2D eigenvalue weighted by Gasteiger charge is 2.39. The largest absolute Gasteiger partial charge is 0.463 e. The van der Waals surface area contributed by atoms with E-state index in [0.29, 0.717) is 28.6 Å². The summed E-state index contributed by atoms with van der Waals surface area (Å²) in [7, 11) is 1.54. The molecule has 2 atom stereocenters. The molecule has 0 amide bonds. The van der Waals surface area contributed by atoms with Gasteiger partial charge in [0.1, 0.15) is 0 Å². The monoisotopic (exact) mass is 494 g/mol. The summed E-state index contributed by atoms with van der Waals surface area (Å²) < 4.78 is 21.2. The molecular formula is C23H30N2O8S. The van der Waals surface area contributed by atoms with Crippen molar-refractivity contribution in [2.24, 2.45) is 0 Å².